The van der Waals surface area contributed by atoms with Crippen molar-refractivity contribution in [3.05, 3.63) is 48.2 Å². The third-order valence-corrected chi connectivity index (χ3v) is 3.98. The van der Waals surface area contributed by atoms with Gasteiger partial charge in [-0.3, -0.25) is 9.63 Å². The maximum Gasteiger partial charge on any atom is 0.417 e. The summed E-state index contributed by atoms with van der Waals surface area (Å²) in [5.41, 5.74) is 1.51. The molecule has 1 fully saturated rings. The molecule has 1 saturated carbocycles. The molecule has 1 amide bonds. The number of aromatic nitrogens is 1. The van der Waals surface area contributed by atoms with E-state index in [2.05, 4.69) is 10.5 Å². The van der Waals surface area contributed by atoms with E-state index in [0.29, 0.717) is 30.2 Å². The first kappa shape index (κ1) is 19.9. The molecule has 0 radical (unpaired) electrons. The van der Waals surface area contributed by atoms with Crippen LogP contribution in [0.1, 0.15) is 25.3 Å². The summed E-state index contributed by atoms with van der Waals surface area (Å²) in [5, 5.41) is 0. The van der Waals surface area contributed by atoms with Crippen LogP contribution in [0, 0.1) is 5.92 Å². The van der Waals surface area contributed by atoms with Crippen LogP contribution in [0.5, 0.6) is 17.4 Å². The molecule has 1 aliphatic rings. The van der Waals surface area contributed by atoms with Crippen LogP contribution < -0.4 is 15.0 Å². The highest BCUT2D eigenvalue weighted by Gasteiger charge is 2.30. The molecule has 0 aliphatic heterocycles. The third-order valence-electron chi connectivity index (χ3n) is 3.98. The lowest BCUT2D eigenvalue weighted by Gasteiger charge is -2.15. The van der Waals surface area contributed by atoms with Gasteiger partial charge in [-0.1, -0.05) is 0 Å². The van der Waals surface area contributed by atoms with Crippen LogP contribution in [0.3, 0.4) is 0 Å². The van der Waals surface area contributed by atoms with Gasteiger partial charge in [-0.05, 0) is 56.0 Å². The molecule has 1 unspecified atom stereocenters. The Labute approximate surface area is 159 Å². The second kappa shape index (κ2) is 8.47. The molecule has 1 atom stereocenters. The number of hydroxylamine groups is 1. The zero-order chi connectivity index (χ0) is 20.1. The molecular formula is C19H19F3N2O4. The molecule has 1 heterocycles. The first-order valence-corrected chi connectivity index (χ1v) is 8.71. The zero-order valence-corrected chi connectivity index (χ0v) is 15.0. The van der Waals surface area contributed by atoms with E-state index in [1.165, 1.54) is 0 Å². The molecule has 2 aromatic rings. The fourth-order valence-corrected chi connectivity index (χ4v) is 2.17. The van der Waals surface area contributed by atoms with Crippen molar-refractivity contribution in [2.75, 3.05) is 6.61 Å². The molecular weight excluding hydrogens is 377 g/mol. The number of amides is 1. The van der Waals surface area contributed by atoms with E-state index in [1.807, 2.05) is 0 Å². The van der Waals surface area contributed by atoms with Crippen LogP contribution in [0.15, 0.2) is 42.6 Å². The number of pyridine rings is 1. The number of carbonyl (C=O) groups excluding carboxylic acids is 1. The van der Waals surface area contributed by atoms with Crippen LogP contribution in [0.2, 0.25) is 0 Å². The first-order chi connectivity index (χ1) is 13.3. The quantitative estimate of drug-likeness (QED) is 0.680. The van der Waals surface area contributed by atoms with Crippen LogP contribution in [-0.2, 0) is 15.8 Å². The maximum absolute atomic E-state index is 12.5. The van der Waals surface area contributed by atoms with Crippen LogP contribution in [0.4, 0.5) is 13.2 Å². The highest BCUT2D eigenvalue weighted by atomic mass is 19.4. The number of benzene rings is 1. The second-order valence-corrected chi connectivity index (χ2v) is 6.44. The van der Waals surface area contributed by atoms with Crippen molar-refractivity contribution in [3.8, 4) is 17.4 Å². The van der Waals surface area contributed by atoms with Crippen molar-refractivity contribution in [2.45, 2.75) is 32.0 Å². The van der Waals surface area contributed by atoms with Gasteiger partial charge in [-0.25, -0.2) is 10.5 Å². The van der Waals surface area contributed by atoms with Gasteiger partial charge in [0.1, 0.15) is 11.5 Å². The average Bonchev–Trinajstić information content (AvgIpc) is 3.47. The molecule has 28 heavy (non-hydrogen) atoms. The molecule has 6 nitrogen and oxygen atoms in total. The van der Waals surface area contributed by atoms with E-state index in [9.17, 15) is 18.0 Å². The minimum Gasteiger partial charge on any atom is -0.481 e. The lowest BCUT2D eigenvalue weighted by atomic mass is 10.3. The summed E-state index contributed by atoms with van der Waals surface area (Å²) >= 11 is 0. The Kier molecular flexibility index (Phi) is 6.03. The van der Waals surface area contributed by atoms with Crippen molar-refractivity contribution in [1.82, 2.24) is 10.5 Å². The van der Waals surface area contributed by atoms with Gasteiger partial charge in [0.05, 0.1) is 12.2 Å². The summed E-state index contributed by atoms with van der Waals surface area (Å²) in [6.45, 7) is 2.09. The smallest absolute Gasteiger partial charge is 0.417 e. The summed E-state index contributed by atoms with van der Waals surface area (Å²) in [7, 11) is 0. The normalized spacial score (nSPS) is 15.0. The van der Waals surface area contributed by atoms with E-state index in [1.54, 1.807) is 31.2 Å². The van der Waals surface area contributed by atoms with Crippen LogP contribution in [0.25, 0.3) is 0 Å². The Morgan fingerprint density at radius 1 is 1.18 bits per heavy atom. The van der Waals surface area contributed by atoms with E-state index < -0.39 is 23.8 Å². The molecule has 1 aromatic carbocycles. The number of halogens is 3. The lowest BCUT2D eigenvalue weighted by molar-refractivity contribution is -0.140. The zero-order valence-electron chi connectivity index (χ0n) is 15.0. The van der Waals surface area contributed by atoms with Crippen molar-refractivity contribution in [1.29, 1.82) is 0 Å². The van der Waals surface area contributed by atoms with E-state index in [0.717, 1.165) is 25.0 Å². The molecule has 3 rings (SSSR count). The average molecular weight is 396 g/mol. The minimum absolute atomic E-state index is 0.0298. The van der Waals surface area contributed by atoms with Crippen molar-refractivity contribution in [2.24, 2.45) is 5.92 Å². The monoisotopic (exact) mass is 396 g/mol. The van der Waals surface area contributed by atoms with Crippen molar-refractivity contribution in [3.63, 3.8) is 0 Å². The third kappa shape index (κ3) is 5.85. The van der Waals surface area contributed by atoms with Gasteiger partial charge in [0.15, 0.2) is 6.10 Å². The van der Waals surface area contributed by atoms with Gasteiger partial charge in [-0.15, -0.1) is 0 Å². The van der Waals surface area contributed by atoms with Gasteiger partial charge >= 0.3 is 6.18 Å². The number of hydrogen-bond acceptors (Lipinski definition) is 5. The van der Waals surface area contributed by atoms with E-state index in [-0.39, 0.29) is 5.88 Å². The number of rotatable bonds is 8. The molecule has 1 aliphatic carbocycles. The van der Waals surface area contributed by atoms with E-state index >= 15 is 0 Å². The van der Waals surface area contributed by atoms with Gasteiger partial charge in [0.2, 0.25) is 5.88 Å². The van der Waals surface area contributed by atoms with Crippen LogP contribution in [-0.4, -0.2) is 23.6 Å². The first-order valence-electron chi connectivity index (χ1n) is 8.71. The number of hydrogen-bond donors (Lipinski definition) is 1. The van der Waals surface area contributed by atoms with Crippen molar-refractivity contribution < 1.29 is 32.3 Å². The topological polar surface area (TPSA) is 69.7 Å². The van der Waals surface area contributed by atoms with Crippen LogP contribution >= 0.6 is 0 Å². The Morgan fingerprint density at radius 3 is 2.43 bits per heavy atom. The highest BCUT2D eigenvalue weighted by molar-refractivity contribution is 5.79. The molecule has 1 aromatic heterocycles. The number of carbonyl (C=O) groups is 1. The molecule has 150 valence electrons. The predicted octanol–water partition coefficient (Wildman–Crippen LogP) is 4.12. The number of alkyl halides is 3. The Morgan fingerprint density at radius 2 is 1.86 bits per heavy atom. The summed E-state index contributed by atoms with van der Waals surface area (Å²) < 4.78 is 48.5. The Hall–Kier alpha value is -2.81. The fraction of sp³-hybridized carbons (Fsp3) is 0.368. The number of nitrogens with zero attached hydrogens (tertiary/aromatic N) is 1. The Balaban J connectivity index is 1.49. The SMILES string of the molecule is CC(Oc1ccc(Oc2ccc(C(F)(F)F)cn2)cc1)C(=O)NOCC1CC1. The van der Waals surface area contributed by atoms with Gasteiger partial charge in [0, 0.05) is 12.3 Å². The molecule has 0 saturated heterocycles. The van der Waals surface area contributed by atoms with Crippen molar-refractivity contribution >= 4 is 5.91 Å². The van der Waals surface area contributed by atoms with E-state index in [4.69, 9.17) is 14.3 Å². The summed E-state index contributed by atoms with van der Waals surface area (Å²) in [6.07, 6.45) is -2.26. The summed E-state index contributed by atoms with van der Waals surface area (Å²) in [6, 6.07) is 8.31. The fourth-order valence-electron chi connectivity index (χ4n) is 2.17. The Bertz CT molecular complexity index is 790. The second-order valence-electron chi connectivity index (χ2n) is 6.44. The predicted molar refractivity (Wildman–Crippen MR) is 92.7 cm³/mol. The minimum atomic E-state index is -4.45. The summed E-state index contributed by atoms with van der Waals surface area (Å²) in [5.74, 6) is 0.961. The molecule has 0 bridgehead atoms. The standard InChI is InChI=1S/C19H19F3N2O4/c1-12(18(25)24-26-11-13-2-3-13)27-15-5-7-16(8-6-15)28-17-9-4-14(10-23-17)19(20,21)22/h4-10,12-13H,2-3,11H2,1H3,(H,24,25). The largest absolute Gasteiger partial charge is 0.481 e. The highest BCUT2D eigenvalue weighted by Crippen LogP contribution is 2.30. The lowest BCUT2D eigenvalue weighted by Crippen LogP contribution is -2.36. The number of nitrogens with one attached hydrogen (secondary N) is 1. The summed E-state index contributed by atoms with van der Waals surface area (Å²) in [4.78, 5) is 20.6. The molecule has 0 spiro atoms. The van der Waals surface area contributed by atoms with Gasteiger partial charge in [0.25, 0.3) is 5.91 Å². The van der Waals surface area contributed by atoms with Gasteiger partial charge < -0.3 is 9.47 Å². The van der Waals surface area contributed by atoms with Gasteiger partial charge in [-0.2, -0.15) is 13.2 Å². The molecule has 9 heteroatoms. The maximum atomic E-state index is 12.5. The number of ether oxygens (including phenoxy) is 2. The molecule has 1 N–H and O–H groups in total.